The average Bonchev–Trinajstić information content (AvgIpc) is 2.76. The molecule has 0 saturated carbocycles. The quantitative estimate of drug-likeness (QED) is 0.269. The monoisotopic (exact) mass is 411 g/mol. The molecule has 30 heavy (non-hydrogen) atoms. The SMILES string of the molecule is CCCCCCCCCCCCCCn1ccc(=O)c(OCc2ccccc2)c1C. The third-order valence-electron chi connectivity index (χ3n) is 5.87. The van der Waals surface area contributed by atoms with E-state index in [0.717, 1.165) is 24.2 Å². The fourth-order valence-electron chi connectivity index (χ4n) is 3.92. The molecule has 0 fully saturated rings. The number of aryl methyl sites for hydroxylation is 1. The Bertz CT molecular complexity index is 751. The number of benzene rings is 1. The maximum Gasteiger partial charge on any atom is 0.223 e. The number of unbranched alkanes of at least 4 members (excludes halogenated alkanes) is 11. The van der Waals surface area contributed by atoms with Gasteiger partial charge >= 0.3 is 0 Å². The largest absolute Gasteiger partial charge is 0.483 e. The summed E-state index contributed by atoms with van der Waals surface area (Å²) in [5.74, 6) is 0.486. The van der Waals surface area contributed by atoms with Crippen molar-refractivity contribution in [1.82, 2.24) is 4.57 Å². The van der Waals surface area contributed by atoms with Crippen molar-refractivity contribution in [3.8, 4) is 5.75 Å². The van der Waals surface area contributed by atoms with Crippen molar-refractivity contribution in [3.63, 3.8) is 0 Å². The summed E-state index contributed by atoms with van der Waals surface area (Å²) in [5.41, 5.74) is 1.98. The minimum Gasteiger partial charge on any atom is -0.483 e. The van der Waals surface area contributed by atoms with Gasteiger partial charge in [0.1, 0.15) is 6.61 Å². The molecule has 0 spiro atoms. The van der Waals surface area contributed by atoms with Crippen molar-refractivity contribution >= 4 is 0 Å². The highest BCUT2D eigenvalue weighted by Gasteiger charge is 2.09. The van der Waals surface area contributed by atoms with E-state index in [1.165, 1.54) is 70.6 Å². The average molecular weight is 412 g/mol. The van der Waals surface area contributed by atoms with Crippen LogP contribution in [-0.4, -0.2) is 4.57 Å². The number of aromatic nitrogens is 1. The van der Waals surface area contributed by atoms with Gasteiger partial charge in [0.15, 0.2) is 5.75 Å². The minimum atomic E-state index is -0.0330. The molecule has 1 aromatic heterocycles. The predicted octanol–water partition coefficient (Wildman–Crippen LogP) is 7.44. The smallest absolute Gasteiger partial charge is 0.223 e. The van der Waals surface area contributed by atoms with Crippen molar-refractivity contribution < 1.29 is 4.74 Å². The lowest BCUT2D eigenvalue weighted by atomic mass is 10.1. The van der Waals surface area contributed by atoms with E-state index in [0.29, 0.717) is 12.4 Å². The molecule has 0 aliphatic heterocycles. The Balaban J connectivity index is 1.63. The molecule has 2 rings (SSSR count). The fraction of sp³-hybridized carbons (Fsp3) is 0.593. The number of nitrogens with zero attached hydrogens (tertiary/aromatic N) is 1. The van der Waals surface area contributed by atoms with Gasteiger partial charge in [-0.05, 0) is 18.9 Å². The Morgan fingerprint density at radius 3 is 1.93 bits per heavy atom. The topological polar surface area (TPSA) is 31.2 Å². The van der Waals surface area contributed by atoms with Gasteiger partial charge in [0.05, 0.1) is 5.69 Å². The molecule has 0 aliphatic carbocycles. The first-order valence-electron chi connectivity index (χ1n) is 12.1. The molecule has 166 valence electrons. The lowest BCUT2D eigenvalue weighted by Crippen LogP contribution is -2.15. The number of hydrogen-bond acceptors (Lipinski definition) is 2. The molecular formula is C27H41NO2. The van der Waals surface area contributed by atoms with E-state index in [4.69, 9.17) is 4.74 Å². The van der Waals surface area contributed by atoms with Gasteiger partial charge in [-0.1, -0.05) is 108 Å². The van der Waals surface area contributed by atoms with Crippen LogP contribution >= 0.6 is 0 Å². The van der Waals surface area contributed by atoms with Crippen LogP contribution in [-0.2, 0) is 13.2 Å². The Morgan fingerprint density at radius 2 is 1.33 bits per heavy atom. The van der Waals surface area contributed by atoms with E-state index in [9.17, 15) is 4.79 Å². The van der Waals surface area contributed by atoms with Crippen LogP contribution in [0.2, 0.25) is 0 Å². The summed E-state index contributed by atoms with van der Waals surface area (Å²) in [4.78, 5) is 12.3. The summed E-state index contributed by atoms with van der Waals surface area (Å²) in [5, 5.41) is 0. The number of pyridine rings is 1. The summed E-state index contributed by atoms with van der Waals surface area (Å²) in [7, 11) is 0. The van der Waals surface area contributed by atoms with Crippen LogP contribution in [0.5, 0.6) is 5.75 Å². The summed E-state index contributed by atoms with van der Waals surface area (Å²) in [6.07, 6.45) is 18.1. The normalized spacial score (nSPS) is 11.0. The molecule has 0 amide bonds. The number of rotatable bonds is 16. The van der Waals surface area contributed by atoms with Crippen molar-refractivity contribution in [2.24, 2.45) is 0 Å². The molecule has 3 heteroatoms. The first-order valence-corrected chi connectivity index (χ1v) is 12.1. The maximum absolute atomic E-state index is 12.3. The highest BCUT2D eigenvalue weighted by atomic mass is 16.5. The van der Waals surface area contributed by atoms with Crippen molar-refractivity contribution in [2.75, 3.05) is 0 Å². The third-order valence-corrected chi connectivity index (χ3v) is 5.87. The maximum atomic E-state index is 12.3. The van der Waals surface area contributed by atoms with Crippen LogP contribution in [0.3, 0.4) is 0 Å². The van der Waals surface area contributed by atoms with E-state index < -0.39 is 0 Å². The summed E-state index contributed by atoms with van der Waals surface area (Å²) in [6, 6.07) is 11.6. The van der Waals surface area contributed by atoms with Gasteiger partial charge < -0.3 is 9.30 Å². The van der Waals surface area contributed by atoms with Crippen molar-refractivity contribution in [1.29, 1.82) is 0 Å². The molecule has 0 radical (unpaired) electrons. The van der Waals surface area contributed by atoms with Gasteiger partial charge in [0, 0.05) is 18.8 Å². The van der Waals surface area contributed by atoms with Crippen molar-refractivity contribution in [3.05, 3.63) is 64.1 Å². The third kappa shape index (κ3) is 9.19. The Labute approximate surface area is 183 Å². The molecular weight excluding hydrogens is 370 g/mol. The van der Waals surface area contributed by atoms with E-state index in [1.54, 1.807) is 6.07 Å². The van der Waals surface area contributed by atoms with Crippen LogP contribution < -0.4 is 10.2 Å². The van der Waals surface area contributed by atoms with E-state index in [-0.39, 0.29) is 5.43 Å². The second-order valence-electron chi connectivity index (χ2n) is 8.45. The highest BCUT2D eigenvalue weighted by Crippen LogP contribution is 2.16. The van der Waals surface area contributed by atoms with Gasteiger partial charge in [-0.25, -0.2) is 0 Å². The summed E-state index contributed by atoms with van der Waals surface area (Å²) in [6.45, 7) is 5.64. The van der Waals surface area contributed by atoms with Gasteiger partial charge in [0.25, 0.3) is 0 Å². The fourth-order valence-corrected chi connectivity index (χ4v) is 3.92. The molecule has 0 saturated heterocycles. The van der Waals surface area contributed by atoms with Crippen molar-refractivity contribution in [2.45, 2.75) is 104 Å². The molecule has 1 heterocycles. The number of hydrogen-bond donors (Lipinski definition) is 0. The van der Waals surface area contributed by atoms with Crippen LogP contribution in [0.4, 0.5) is 0 Å². The summed E-state index contributed by atoms with van der Waals surface area (Å²) >= 11 is 0. The molecule has 0 bridgehead atoms. The van der Waals surface area contributed by atoms with Gasteiger partial charge in [-0.3, -0.25) is 4.79 Å². The van der Waals surface area contributed by atoms with Gasteiger partial charge in [0.2, 0.25) is 5.43 Å². The minimum absolute atomic E-state index is 0.0330. The first kappa shape index (κ1) is 24.2. The van der Waals surface area contributed by atoms with Crippen LogP contribution in [0, 0.1) is 6.92 Å². The van der Waals surface area contributed by atoms with E-state index >= 15 is 0 Å². The van der Waals surface area contributed by atoms with Crippen LogP contribution in [0.25, 0.3) is 0 Å². The molecule has 2 aromatic rings. The molecule has 0 aliphatic rings. The summed E-state index contributed by atoms with van der Waals surface area (Å²) < 4.78 is 8.04. The standard InChI is InChI=1S/C27H41NO2/c1-3-4-5-6-7-8-9-10-11-12-13-17-21-28-22-20-26(29)27(24(28)2)30-23-25-18-15-14-16-19-25/h14-16,18-20,22H,3-13,17,21,23H2,1-2H3. The van der Waals surface area contributed by atoms with E-state index in [2.05, 4.69) is 11.5 Å². The predicted molar refractivity (Wildman–Crippen MR) is 127 cm³/mol. The molecule has 0 N–H and O–H groups in total. The second-order valence-corrected chi connectivity index (χ2v) is 8.45. The Kier molecular flexibility index (Phi) is 12.0. The number of ether oxygens (including phenoxy) is 1. The Hall–Kier alpha value is -2.03. The Morgan fingerprint density at radius 1 is 0.767 bits per heavy atom. The second kappa shape index (κ2) is 14.9. The molecule has 3 nitrogen and oxygen atoms in total. The molecule has 0 unspecified atom stereocenters. The highest BCUT2D eigenvalue weighted by molar-refractivity contribution is 5.28. The zero-order chi connectivity index (χ0) is 21.4. The van der Waals surface area contributed by atoms with Crippen LogP contribution in [0.1, 0.15) is 95.2 Å². The van der Waals surface area contributed by atoms with Gasteiger partial charge in [-0.15, -0.1) is 0 Å². The molecule has 1 aromatic carbocycles. The lowest BCUT2D eigenvalue weighted by molar-refractivity contribution is 0.296. The van der Waals surface area contributed by atoms with E-state index in [1.807, 2.05) is 43.5 Å². The van der Waals surface area contributed by atoms with Gasteiger partial charge in [-0.2, -0.15) is 0 Å². The zero-order valence-electron chi connectivity index (χ0n) is 19.2. The van der Waals surface area contributed by atoms with Crippen LogP contribution in [0.15, 0.2) is 47.4 Å². The first-order chi connectivity index (χ1) is 14.7. The zero-order valence-corrected chi connectivity index (χ0v) is 19.2. The lowest BCUT2D eigenvalue weighted by Gasteiger charge is -2.15. The molecule has 0 atom stereocenters.